The summed E-state index contributed by atoms with van der Waals surface area (Å²) in [6.07, 6.45) is 9.88. The van der Waals surface area contributed by atoms with Crippen molar-refractivity contribution in [3.05, 3.63) is 23.9 Å². The van der Waals surface area contributed by atoms with Gasteiger partial charge in [-0.1, -0.05) is 0 Å². The van der Waals surface area contributed by atoms with E-state index < -0.39 is 18.4 Å². The molecule has 1 aromatic heterocycles. The van der Waals surface area contributed by atoms with Crippen molar-refractivity contribution in [2.45, 2.75) is 78.9 Å². The van der Waals surface area contributed by atoms with Gasteiger partial charge in [0.2, 0.25) is 0 Å². The first-order chi connectivity index (χ1) is 11.8. The Bertz CT molecular complexity index is 435. The molecule has 0 aliphatic carbocycles. The van der Waals surface area contributed by atoms with Crippen LogP contribution in [-0.2, 0) is 9.47 Å². The van der Waals surface area contributed by atoms with Gasteiger partial charge in [0.25, 0.3) is 0 Å². The zero-order chi connectivity index (χ0) is 17.3. The van der Waals surface area contributed by atoms with Gasteiger partial charge in [0.15, 0.2) is 0 Å². The first-order valence-corrected chi connectivity index (χ1v) is 17.4. The topological polar surface area (TPSA) is 31.4 Å². The summed E-state index contributed by atoms with van der Waals surface area (Å²) < 4.78 is 17.1. The van der Waals surface area contributed by atoms with E-state index in [2.05, 4.69) is 32.9 Å². The fraction of sp³-hybridized carbons (Fsp3) is 0.750. The quantitative estimate of drug-likeness (QED) is 0.445. The van der Waals surface area contributed by atoms with Gasteiger partial charge in [0.1, 0.15) is 0 Å². The summed E-state index contributed by atoms with van der Waals surface area (Å²) in [6, 6.07) is 4.55. The van der Waals surface area contributed by atoms with Crippen molar-refractivity contribution in [3.63, 3.8) is 0 Å². The number of nitrogens with zero attached hydrogens (tertiary/aromatic N) is 1. The molecule has 4 heteroatoms. The monoisotopic (exact) mass is 441 g/mol. The SMILES string of the molecule is CCC[CH2][Sn]([CH2]CCC)([CH2]CCC)[c]1ccc(C2OCCO2)cn1. The maximum atomic E-state index is 5.61. The molecule has 1 aliphatic rings. The Morgan fingerprint density at radius 2 is 1.46 bits per heavy atom. The molecule has 0 saturated carbocycles. The molecule has 0 atom stereocenters. The van der Waals surface area contributed by atoms with Crippen LogP contribution < -0.4 is 3.71 Å². The molecule has 136 valence electrons. The van der Waals surface area contributed by atoms with Crippen LogP contribution in [0.15, 0.2) is 18.3 Å². The van der Waals surface area contributed by atoms with E-state index in [-0.39, 0.29) is 6.29 Å². The normalized spacial score (nSPS) is 16.0. The van der Waals surface area contributed by atoms with Gasteiger partial charge in [-0.15, -0.1) is 0 Å². The minimum absolute atomic E-state index is 0.196. The van der Waals surface area contributed by atoms with Gasteiger partial charge in [-0.2, -0.15) is 0 Å². The molecule has 0 amide bonds. The Balaban J connectivity index is 2.21. The van der Waals surface area contributed by atoms with Crippen LogP contribution in [-0.4, -0.2) is 36.6 Å². The summed E-state index contributed by atoms with van der Waals surface area (Å²) in [6.45, 7) is 8.35. The maximum absolute atomic E-state index is 5.61. The van der Waals surface area contributed by atoms with Crippen molar-refractivity contribution >= 4 is 22.1 Å². The first-order valence-electron chi connectivity index (χ1n) is 9.95. The molecule has 1 aromatic rings. The average Bonchev–Trinajstić information content (AvgIpc) is 3.16. The van der Waals surface area contributed by atoms with Gasteiger partial charge in [-0.25, -0.2) is 0 Å². The number of rotatable bonds is 11. The standard InChI is InChI=1S/C8H8NO2.3C4H9.Sn/c1-2-7(6-9-3-1)8-10-4-5-11-8;3*1-3-4-2;/h1-2,6,8H,4-5H2;3*1,3-4H2,2H3;. The predicted octanol–water partition coefficient (Wildman–Crippen LogP) is 5.18. The third kappa shape index (κ3) is 5.43. The fourth-order valence-corrected chi connectivity index (χ4v) is 19.1. The Morgan fingerprint density at radius 1 is 0.917 bits per heavy atom. The number of ether oxygens (including phenoxy) is 2. The minimum atomic E-state index is -2.38. The molecule has 3 nitrogen and oxygen atoms in total. The summed E-state index contributed by atoms with van der Waals surface area (Å²) in [5, 5.41) is 0. The molecule has 0 aromatic carbocycles. The van der Waals surface area contributed by atoms with Crippen LogP contribution in [0.1, 0.15) is 71.1 Å². The molecule has 1 aliphatic heterocycles. The van der Waals surface area contributed by atoms with E-state index >= 15 is 0 Å². The van der Waals surface area contributed by atoms with Crippen LogP contribution in [0.3, 0.4) is 0 Å². The summed E-state index contributed by atoms with van der Waals surface area (Å²) in [4.78, 5) is 4.99. The van der Waals surface area contributed by atoms with Gasteiger partial charge in [0, 0.05) is 0 Å². The van der Waals surface area contributed by atoms with Crippen molar-refractivity contribution in [2.75, 3.05) is 13.2 Å². The molecule has 24 heavy (non-hydrogen) atoms. The van der Waals surface area contributed by atoms with Crippen molar-refractivity contribution < 1.29 is 9.47 Å². The van der Waals surface area contributed by atoms with Crippen LogP contribution in [0.4, 0.5) is 0 Å². The predicted molar refractivity (Wildman–Crippen MR) is 103 cm³/mol. The molecule has 0 radical (unpaired) electrons. The van der Waals surface area contributed by atoms with Gasteiger partial charge >= 0.3 is 153 Å². The van der Waals surface area contributed by atoms with E-state index in [0.29, 0.717) is 13.2 Å². The number of aromatic nitrogens is 1. The first kappa shape index (κ1) is 20.2. The fourth-order valence-electron chi connectivity index (χ4n) is 3.71. The molecule has 2 heterocycles. The molecular weight excluding hydrogens is 405 g/mol. The van der Waals surface area contributed by atoms with Crippen LogP contribution >= 0.6 is 0 Å². The van der Waals surface area contributed by atoms with Gasteiger partial charge in [-0.05, 0) is 0 Å². The van der Waals surface area contributed by atoms with Gasteiger partial charge in [-0.3, -0.25) is 0 Å². The second-order valence-electron chi connectivity index (χ2n) is 7.14. The van der Waals surface area contributed by atoms with E-state index in [1.165, 1.54) is 55.5 Å². The van der Waals surface area contributed by atoms with Crippen molar-refractivity contribution in [2.24, 2.45) is 0 Å². The number of hydrogen-bond donors (Lipinski definition) is 0. The summed E-state index contributed by atoms with van der Waals surface area (Å²) in [5.74, 6) is 0. The Kier molecular flexibility index (Phi) is 9.06. The Labute approximate surface area is 152 Å². The van der Waals surface area contributed by atoms with Crippen molar-refractivity contribution in [1.82, 2.24) is 4.98 Å². The zero-order valence-corrected chi connectivity index (χ0v) is 18.7. The summed E-state index contributed by atoms with van der Waals surface area (Å²) in [5.41, 5.74) is 1.08. The van der Waals surface area contributed by atoms with E-state index in [1.807, 2.05) is 6.20 Å². The van der Waals surface area contributed by atoms with Crippen LogP contribution in [0, 0.1) is 0 Å². The molecule has 1 saturated heterocycles. The van der Waals surface area contributed by atoms with Crippen molar-refractivity contribution in [1.29, 1.82) is 0 Å². The van der Waals surface area contributed by atoms with Crippen LogP contribution in [0.25, 0.3) is 0 Å². The number of hydrogen-bond acceptors (Lipinski definition) is 3. The second kappa shape index (κ2) is 10.8. The van der Waals surface area contributed by atoms with Crippen LogP contribution in [0.2, 0.25) is 13.3 Å². The van der Waals surface area contributed by atoms with E-state index in [9.17, 15) is 0 Å². The third-order valence-electron chi connectivity index (χ3n) is 5.25. The zero-order valence-electron chi connectivity index (χ0n) is 15.9. The van der Waals surface area contributed by atoms with Gasteiger partial charge in [0.05, 0.1) is 0 Å². The van der Waals surface area contributed by atoms with Crippen molar-refractivity contribution in [3.8, 4) is 0 Å². The average molecular weight is 440 g/mol. The molecule has 0 bridgehead atoms. The summed E-state index contributed by atoms with van der Waals surface area (Å²) in [7, 11) is 0. The molecule has 2 rings (SSSR count). The molecule has 1 fully saturated rings. The third-order valence-corrected chi connectivity index (χ3v) is 20.4. The Hall–Kier alpha value is -0.131. The molecular formula is C20H35NO2Sn. The Morgan fingerprint density at radius 3 is 1.88 bits per heavy atom. The van der Waals surface area contributed by atoms with E-state index in [4.69, 9.17) is 14.5 Å². The van der Waals surface area contributed by atoms with Crippen LogP contribution in [0.5, 0.6) is 0 Å². The van der Waals surface area contributed by atoms with Gasteiger partial charge < -0.3 is 0 Å². The summed E-state index contributed by atoms with van der Waals surface area (Å²) >= 11 is -2.38. The molecule has 0 unspecified atom stereocenters. The molecule has 0 spiro atoms. The number of unbranched alkanes of at least 4 members (excludes halogenated alkanes) is 3. The molecule has 0 N–H and O–H groups in total. The number of pyridine rings is 1. The second-order valence-corrected chi connectivity index (χ2v) is 20.2. The van der Waals surface area contributed by atoms with E-state index in [0.717, 1.165) is 5.56 Å². The van der Waals surface area contributed by atoms with E-state index in [1.54, 1.807) is 0 Å².